The van der Waals surface area contributed by atoms with Crippen LogP contribution in [0.3, 0.4) is 0 Å². The number of Topliss-reactive ketones (excluding diaryl/α,β-unsaturated/α-hetero) is 1. The van der Waals surface area contributed by atoms with E-state index in [1.807, 2.05) is 30.3 Å². The molecule has 1 N–H and O–H groups in total. The maximum atomic E-state index is 14.2. The molecule has 1 aliphatic rings. The van der Waals surface area contributed by atoms with Crippen molar-refractivity contribution in [1.82, 2.24) is 10.2 Å². The van der Waals surface area contributed by atoms with E-state index in [0.29, 0.717) is 10.6 Å². The van der Waals surface area contributed by atoms with E-state index < -0.39 is 28.5 Å². The van der Waals surface area contributed by atoms with Crippen LogP contribution in [0.2, 0.25) is 5.02 Å². The Labute approximate surface area is 252 Å². The largest absolute Gasteiger partial charge is 0.352 e. The molecule has 0 aliphatic heterocycles. The molecule has 3 aromatic rings. The molecular weight excluding hydrogens is 574 g/mol. The first-order valence-corrected chi connectivity index (χ1v) is 16.2. The standard InChI is InChI=1S/C32H36ClN3O5S/c1-23(37)26-11-8-14-29(20-26)36(42(2,40)41)22-31(38)35(21-25-15-17-27(33)18-16-25)30(19-24-9-4-3-5-10-24)32(39)34-28-12-6-7-13-28/h3-5,8-11,14-18,20,28,30H,6-7,12-13,19,21-22H2,1-2H3,(H,34,39)/t30-/m0/s1. The third-order valence-electron chi connectivity index (χ3n) is 7.46. The minimum absolute atomic E-state index is 0.0325. The van der Waals surface area contributed by atoms with Gasteiger partial charge in [0.1, 0.15) is 12.6 Å². The van der Waals surface area contributed by atoms with E-state index in [0.717, 1.165) is 47.4 Å². The van der Waals surface area contributed by atoms with Gasteiger partial charge in [-0.25, -0.2) is 8.42 Å². The number of benzene rings is 3. The first-order valence-electron chi connectivity index (χ1n) is 14.0. The van der Waals surface area contributed by atoms with Crippen molar-refractivity contribution in [2.45, 2.75) is 57.7 Å². The predicted octanol–water partition coefficient (Wildman–Crippen LogP) is 5.01. The van der Waals surface area contributed by atoms with E-state index in [1.54, 1.807) is 42.5 Å². The Morgan fingerprint density at radius 1 is 0.929 bits per heavy atom. The van der Waals surface area contributed by atoms with E-state index in [4.69, 9.17) is 11.6 Å². The predicted molar refractivity (Wildman–Crippen MR) is 165 cm³/mol. The first-order chi connectivity index (χ1) is 20.0. The van der Waals surface area contributed by atoms with Crippen LogP contribution >= 0.6 is 11.6 Å². The van der Waals surface area contributed by atoms with Gasteiger partial charge in [-0.05, 0) is 55.2 Å². The molecule has 1 atom stereocenters. The maximum absolute atomic E-state index is 14.2. The Balaban J connectivity index is 1.73. The summed E-state index contributed by atoms with van der Waals surface area (Å²) in [5, 5.41) is 3.67. The van der Waals surface area contributed by atoms with Crippen molar-refractivity contribution >= 4 is 44.9 Å². The highest BCUT2D eigenvalue weighted by molar-refractivity contribution is 7.92. The minimum Gasteiger partial charge on any atom is -0.352 e. The van der Waals surface area contributed by atoms with E-state index in [2.05, 4.69) is 5.32 Å². The van der Waals surface area contributed by atoms with Crippen molar-refractivity contribution in [3.05, 3.63) is 101 Å². The van der Waals surface area contributed by atoms with Crippen LogP contribution in [0, 0.1) is 0 Å². The molecule has 10 heteroatoms. The lowest BCUT2D eigenvalue weighted by Crippen LogP contribution is -2.54. The molecule has 0 bridgehead atoms. The Kier molecular flexibility index (Phi) is 10.4. The highest BCUT2D eigenvalue weighted by atomic mass is 35.5. The summed E-state index contributed by atoms with van der Waals surface area (Å²) in [6, 6.07) is 21.7. The molecule has 42 heavy (non-hydrogen) atoms. The van der Waals surface area contributed by atoms with Crippen LogP contribution in [0.25, 0.3) is 0 Å². The second kappa shape index (κ2) is 14.0. The molecule has 2 amide bonds. The zero-order chi connectivity index (χ0) is 30.3. The fourth-order valence-electron chi connectivity index (χ4n) is 5.20. The number of sulfonamides is 1. The van der Waals surface area contributed by atoms with Crippen molar-refractivity contribution in [2.75, 3.05) is 17.1 Å². The topological polar surface area (TPSA) is 104 Å². The number of amides is 2. The Bertz CT molecular complexity index is 1510. The van der Waals surface area contributed by atoms with Gasteiger partial charge in [0.25, 0.3) is 0 Å². The number of anilines is 1. The summed E-state index contributed by atoms with van der Waals surface area (Å²) in [7, 11) is -3.93. The SMILES string of the molecule is CC(=O)c1cccc(N(CC(=O)N(Cc2ccc(Cl)cc2)[C@@H](Cc2ccccc2)C(=O)NC2CCCC2)S(C)(=O)=O)c1. The zero-order valence-electron chi connectivity index (χ0n) is 23.8. The molecule has 8 nitrogen and oxygen atoms in total. The number of hydrogen-bond donors (Lipinski definition) is 1. The van der Waals surface area contributed by atoms with Crippen LogP contribution in [-0.2, 0) is 32.6 Å². The fourth-order valence-corrected chi connectivity index (χ4v) is 6.17. The second-order valence-corrected chi connectivity index (χ2v) is 13.1. The number of hydrogen-bond acceptors (Lipinski definition) is 5. The number of nitrogens with one attached hydrogen (secondary N) is 1. The van der Waals surface area contributed by atoms with Gasteiger partial charge < -0.3 is 10.2 Å². The van der Waals surface area contributed by atoms with Crippen LogP contribution in [0.15, 0.2) is 78.9 Å². The van der Waals surface area contributed by atoms with Crippen LogP contribution in [0.1, 0.15) is 54.1 Å². The van der Waals surface area contributed by atoms with Crippen molar-refractivity contribution < 1.29 is 22.8 Å². The minimum atomic E-state index is -3.93. The quantitative estimate of drug-likeness (QED) is 0.291. The van der Waals surface area contributed by atoms with Crippen LogP contribution in [0.4, 0.5) is 5.69 Å². The lowest BCUT2D eigenvalue weighted by molar-refractivity contribution is -0.140. The highest BCUT2D eigenvalue weighted by Crippen LogP contribution is 2.23. The molecule has 0 aromatic heterocycles. The molecule has 1 fully saturated rings. The zero-order valence-corrected chi connectivity index (χ0v) is 25.4. The van der Waals surface area contributed by atoms with Gasteiger partial charge in [-0.3, -0.25) is 18.7 Å². The van der Waals surface area contributed by atoms with Crippen LogP contribution in [-0.4, -0.2) is 55.8 Å². The van der Waals surface area contributed by atoms with Crippen LogP contribution < -0.4 is 9.62 Å². The normalized spacial score (nSPS) is 14.3. The number of ketones is 1. The van der Waals surface area contributed by atoms with Gasteiger partial charge in [0.05, 0.1) is 11.9 Å². The fraction of sp³-hybridized carbons (Fsp3) is 0.344. The maximum Gasteiger partial charge on any atom is 0.244 e. The molecule has 0 heterocycles. The number of carbonyl (C=O) groups is 3. The molecule has 0 saturated heterocycles. The highest BCUT2D eigenvalue weighted by Gasteiger charge is 2.34. The van der Waals surface area contributed by atoms with E-state index in [-0.39, 0.29) is 36.4 Å². The van der Waals surface area contributed by atoms with Crippen molar-refractivity contribution in [3.63, 3.8) is 0 Å². The Morgan fingerprint density at radius 2 is 1.60 bits per heavy atom. The number of nitrogens with zero attached hydrogens (tertiary/aromatic N) is 2. The van der Waals surface area contributed by atoms with Gasteiger partial charge in [-0.15, -0.1) is 0 Å². The van der Waals surface area contributed by atoms with Crippen molar-refractivity contribution in [2.24, 2.45) is 0 Å². The monoisotopic (exact) mass is 609 g/mol. The van der Waals surface area contributed by atoms with Gasteiger partial charge in [-0.2, -0.15) is 0 Å². The smallest absolute Gasteiger partial charge is 0.244 e. The number of rotatable bonds is 12. The van der Waals surface area contributed by atoms with Gasteiger partial charge in [-0.1, -0.05) is 79.0 Å². The van der Waals surface area contributed by atoms with Gasteiger partial charge >= 0.3 is 0 Å². The van der Waals surface area contributed by atoms with E-state index >= 15 is 0 Å². The molecule has 0 radical (unpaired) electrons. The lowest BCUT2D eigenvalue weighted by atomic mass is 10.0. The summed E-state index contributed by atoms with van der Waals surface area (Å²) in [6.45, 7) is 0.909. The molecule has 222 valence electrons. The molecular formula is C32H36ClN3O5S. The molecule has 4 rings (SSSR count). The van der Waals surface area contributed by atoms with Gasteiger partial charge in [0.2, 0.25) is 21.8 Å². The lowest BCUT2D eigenvalue weighted by Gasteiger charge is -2.34. The van der Waals surface area contributed by atoms with Crippen molar-refractivity contribution in [1.29, 1.82) is 0 Å². The summed E-state index contributed by atoms with van der Waals surface area (Å²) in [4.78, 5) is 41.5. The molecule has 0 spiro atoms. The Hall–Kier alpha value is -3.69. The Morgan fingerprint density at radius 3 is 2.21 bits per heavy atom. The number of halogens is 1. The summed E-state index contributed by atoms with van der Waals surface area (Å²) in [6.07, 6.45) is 5.08. The molecule has 3 aromatic carbocycles. The van der Waals surface area contributed by atoms with Crippen LogP contribution in [0.5, 0.6) is 0 Å². The van der Waals surface area contributed by atoms with E-state index in [9.17, 15) is 22.8 Å². The van der Waals surface area contributed by atoms with Gasteiger partial charge in [0, 0.05) is 29.6 Å². The third-order valence-corrected chi connectivity index (χ3v) is 8.85. The average molecular weight is 610 g/mol. The van der Waals surface area contributed by atoms with Gasteiger partial charge in [0.15, 0.2) is 5.78 Å². The molecule has 0 unspecified atom stereocenters. The summed E-state index contributed by atoms with van der Waals surface area (Å²) < 4.78 is 26.9. The summed E-state index contributed by atoms with van der Waals surface area (Å²) >= 11 is 6.11. The van der Waals surface area contributed by atoms with E-state index in [1.165, 1.54) is 17.9 Å². The molecule has 1 aliphatic carbocycles. The number of carbonyl (C=O) groups excluding carboxylic acids is 3. The second-order valence-electron chi connectivity index (χ2n) is 10.7. The summed E-state index contributed by atoms with van der Waals surface area (Å²) in [5.41, 5.74) is 2.13. The average Bonchev–Trinajstić information content (AvgIpc) is 3.47. The third kappa shape index (κ3) is 8.42. The first kappa shape index (κ1) is 31.3. The molecule has 1 saturated carbocycles. The summed E-state index contributed by atoms with van der Waals surface area (Å²) in [5.74, 6) is -1.06. The van der Waals surface area contributed by atoms with Crippen molar-refractivity contribution in [3.8, 4) is 0 Å².